The normalized spacial score (nSPS) is 17.6. The number of carbonyl (C=O) groups excluding carboxylic acids is 1. The van der Waals surface area contributed by atoms with Crippen LogP contribution in [0.1, 0.15) is 0 Å². The molecule has 0 aromatic carbocycles. The van der Waals surface area contributed by atoms with Crippen molar-refractivity contribution >= 4 is 21.4 Å². The van der Waals surface area contributed by atoms with Crippen LogP contribution < -0.4 is 0 Å². The molecule has 0 aromatic rings. The molecule has 0 aliphatic heterocycles. The molecular formula is C6H14O12P2. The maximum absolute atomic E-state index is 11.2. The lowest BCUT2D eigenvalue weighted by Gasteiger charge is -2.22. The number of aliphatic hydroxyl groups excluding tert-OH is 3. The maximum atomic E-state index is 11.2. The van der Waals surface area contributed by atoms with Gasteiger partial charge in [0, 0.05) is 0 Å². The molecule has 0 aliphatic rings. The summed E-state index contributed by atoms with van der Waals surface area (Å²) in [5.41, 5.74) is 0. The van der Waals surface area contributed by atoms with E-state index in [-0.39, 0.29) is 0 Å². The van der Waals surface area contributed by atoms with Crippen molar-refractivity contribution in [2.75, 3.05) is 13.2 Å². The van der Waals surface area contributed by atoms with Gasteiger partial charge in [0.25, 0.3) is 0 Å². The first-order valence-electron chi connectivity index (χ1n) is 4.80. The number of hydrogen-bond acceptors (Lipinski definition) is 8. The number of rotatable bonds is 9. The minimum atomic E-state index is -4.95. The van der Waals surface area contributed by atoms with E-state index in [1.54, 1.807) is 0 Å². The monoisotopic (exact) mass is 340 g/mol. The van der Waals surface area contributed by atoms with Crippen LogP contribution in [0.3, 0.4) is 0 Å². The fourth-order valence-corrected chi connectivity index (χ4v) is 1.55. The molecule has 7 N–H and O–H groups in total. The molecule has 0 rings (SSSR count). The van der Waals surface area contributed by atoms with Crippen molar-refractivity contribution in [2.24, 2.45) is 0 Å². The van der Waals surface area contributed by atoms with Crippen molar-refractivity contribution in [1.29, 1.82) is 0 Å². The summed E-state index contributed by atoms with van der Waals surface area (Å²) in [7, 11) is -9.87. The Labute approximate surface area is 112 Å². The lowest BCUT2D eigenvalue weighted by molar-refractivity contribution is -0.142. The molecule has 0 saturated heterocycles. The standard InChI is InChI=1S/C6H14O12P2/c7-3(1-17-19(11,12)13)5(9)6(10)4(8)2-18-20(14,15)16/h3,5-7,9-10H,1-2H2,(H2,11,12,13)(H2,14,15,16)/t3-,5+,6+/m0/s1. The fraction of sp³-hybridized carbons (Fsp3) is 0.833. The number of Topliss-reactive ketones (excluding diaryl/α,β-unsaturated/α-hetero) is 1. The summed E-state index contributed by atoms with van der Waals surface area (Å²) in [5.74, 6) is -1.36. The van der Waals surface area contributed by atoms with Gasteiger partial charge in [-0.25, -0.2) is 9.13 Å². The van der Waals surface area contributed by atoms with Gasteiger partial charge in [-0.1, -0.05) is 0 Å². The van der Waals surface area contributed by atoms with E-state index in [1.807, 2.05) is 0 Å². The lowest BCUT2D eigenvalue weighted by atomic mass is 10.1. The second kappa shape index (κ2) is 7.69. The van der Waals surface area contributed by atoms with Gasteiger partial charge in [0.15, 0.2) is 5.78 Å². The summed E-state index contributed by atoms with van der Waals surface area (Å²) < 4.78 is 28.2. The Bertz CT molecular complexity index is 410. The van der Waals surface area contributed by atoms with Crippen molar-refractivity contribution in [3.05, 3.63) is 0 Å². The summed E-state index contributed by atoms with van der Waals surface area (Å²) in [6.45, 7) is -2.33. The molecule has 120 valence electrons. The van der Waals surface area contributed by atoms with Crippen LogP contribution in [-0.2, 0) is 23.0 Å². The van der Waals surface area contributed by atoms with Crippen molar-refractivity contribution in [3.8, 4) is 0 Å². The van der Waals surface area contributed by atoms with Gasteiger partial charge in [0.1, 0.15) is 24.9 Å². The molecule has 12 nitrogen and oxygen atoms in total. The van der Waals surface area contributed by atoms with E-state index in [0.29, 0.717) is 0 Å². The van der Waals surface area contributed by atoms with Crippen LogP contribution in [0.25, 0.3) is 0 Å². The summed E-state index contributed by atoms with van der Waals surface area (Å²) >= 11 is 0. The topological polar surface area (TPSA) is 211 Å². The zero-order chi connectivity index (χ0) is 16.1. The Kier molecular flexibility index (Phi) is 7.60. The van der Waals surface area contributed by atoms with E-state index in [2.05, 4.69) is 9.05 Å². The van der Waals surface area contributed by atoms with E-state index >= 15 is 0 Å². The highest BCUT2D eigenvalue weighted by atomic mass is 31.2. The quantitative estimate of drug-likeness (QED) is 0.207. The first-order valence-corrected chi connectivity index (χ1v) is 7.86. The Balaban J connectivity index is 4.38. The van der Waals surface area contributed by atoms with Gasteiger partial charge < -0.3 is 34.9 Å². The molecule has 0 saturated carbocycles. The number of hydrogen-bond donors (Lipinski definition) is 7. The summed E-state index contributed by atoms with van der Waals surface area (Å²) in [5, 5.41) is 27.7. The Morgan fingerprint density at radius 2 is 1.40 bits per heavy atom. The molecule has 0 spiro atoms. The lowest BCUT2D eigenvalue weighted by Crippen LogP contribution is -2.45. The van der Waals surface area contributed by atoms with Gasteiger partial charge in [0.05, 0.1) is 6.61 Å². The van der Waals surface area contributed by atoms with Gasteiger partial charge in [-0.2, -0.15) is 0 Å². The van der Waals surface area contributed by atoms with Crippen LogP contribution in [0.15, 0.2) is 0 Å². The third-order valence-corrected chi connectivity index (χ3v) is 2.79. The largest absolute Gasteiger partial charge is 0.470 e. The predicted octanol–water partition coefficient (Wildman–Crippen LogP) is -3.14. The number of carbonyl (C=O) groups is 1. The third-order valence-electron chi connectivity index (χ3n) is 1.84. The maximum Gasteiger partial charge on any atom is 0.470 e. The molecule has 0 bridgehead atoms. The molecule has 0 aromatic heterocycles. The van der Waals surface area contributed by atoms with Gasteiger partial charge in [-0.05, 0) is 0 Å². The first kappa shape index (κ1) is 19.8. The Morgan fingerprint density at radius 3 is 1.80 bits per heavy atom. The minimum Gasteiger partial charge on any atom is -0.388 e. The van der Waals surface area contributed by atoms with Crippen LogP contribution in [0.5, 0.6) is 0 Å². The van der Waals surface area contributed by atoms with E-state index in [9.17, 15) is 29.2 Å². The first-order chi connectivity index (χ1) is 8.83. The van der Waals surface area contributed by atoms with Crippen LogP contribution in [0.2, 0.25) is 0 Å². The zero-order valence-electron chi connectivity index (χ0n) is 9.71. The van der Waals surface area contributed by atoms with E-state index in [1.165, 1.54) is 0 Å². The molecule has 0 amide bonds. The SMILES string of the molecule is O=C(COP(=O)(O)O)[C@@H](O)[C@H](O)[C@@H](O)COP(=O)(O)O. The van der Waals surface area contributed by atoms with Crippen molar-refractivity contribution in [1.82, 2.24) is 0 Å². The highest BCUT2D eigenvalue weighted by Crippen LogP contribution is 2.36. The number of phosphoric ester groups is 2. The van der Waals surface area contributed by atoms with Crippen LogP contribution in [-0.4, -0.2) is 72.2 Å². The molecule has 20 heavy (non-hydrogen) atoms. The summed E-state index contributed by atoms with van der Waals surface area (Å²) in [6.07, 6.45) is -6.53. The molecule has 14 heteroatoms. The second-order valence-corrected chi connectivity index (χ2v) is 6.00. The van der Waals surface area contributed by atoms with Crippen molar-refractivity contribution in [2.45, 2.75) is 18.3 Å². The average Bonchev–Trinajstić information content (AvgIpc) is 2.29. The number of aliphatic hydroxyl groups is 3. The highest BCUT2D eigenvalue weighted by Gasteiger charge is 2.32. The molecule has 0 radical (unpaired) electrons. The highest BCUT2D eigenvalue weighted by molar-refractivity contribution is 7.46. The van der Waals surface area contributed by atoms with E-state index in [4.69, 9.17) is 19.6 Å². The molecule has 0 fully saturated rings. The average molecular weight is 340 g/mol. The molecule has 0 heterocycles. The van der Waals surface area contributed by atoms with Crippen LogP contribution in [0.4, 0.5) is 0 Å². The van der Waals surface area contributed by atoms with E-state index < -0.39 is 53.0 Å². The van der Waals surface area contributed by atoms with Crippen LogP contribution in [0, 0.1) is 0 Å². The molecular weight excluding hydrogens is 326 g/mol. The molecule has 0 unspecified atom stereocenters. The number of phosphoric acid groups is 2. The summed E-state index contributed by atoms with van der Waals surface area (Å²) in [6, 6.07) is 0. The minimum absolute atomic E-state index is 1.09. The smallest absolute Gasteiger partial charge is 0.388 e. The molecule has 3 atom stereocenters. The molecule has 0 aliphatic carbocycles. The van der Waals surface area contributed by atoms with Gasteiger partial charge in [-0.3, -0.25) is 13.8 Å². The van der Waals surface area contributed by atoms with Crippen LogP contribution >= 0.6 is 15.6 Å². The van der Waals surface area contributed by atoms with E-state index in [0.717, 1.165) is 0 Å². The Hall–Kier alpha value is -0.230. The number of ketones is 1. The van der Waals surface area contributed by atoms with Gasteiger partial charge in [-0.15, -0.1) is 0 Å². The zero-order valence-corrected chi connectivity index (χ0v) is 11.5. The van der Waals surface area contributed by atoms with Gasteiger partial charge >= 0.3 is 15.6 Å². The fourth-order valence-electron chi connectivity index (χ4n) is 0.906. The second-order valence-electron chi connectivity index (χ2n) is 3.52. The predicted molar refractivity (Wildman–Crippen MR) is 59.0 cm³/mol. The van der Waals surface area contributed by atoms with Crippen molar-refractivity contribution in [3.63, 3.8) is 0 Å². The van der Waals surface area contributed by atoms with Gasteiger partial charge in [0.2, 0.25) is 0 Å². The van der Waals surface area contributed by atoms with Crippen molar-refractivity contribution < 1.29 is 57.9 Å². The third kappa shape index (κ3) is 8.84. The summed E-state index contributed by atoms with van der Waals surface area (Å²) in [4.78, 5) is 44.4. The Morgan fingerprint density at radius 1 is 0.950 bits per heavy atom.